The Balaban J connectivity index is 1.91. The zero-order valence-electron chi connectivity index (χ0n) is 8.96. The van der Waals surface area contributed by atoms with E-state index in [1.807, 2.05) is 30.3 Å². The zero-order chi connectivity index (χ0) is 11.2. The maximum atomic E-state index is 11.9. The molecule has 1 heterocycles. The third kappa shape index (κ3) is 1.48. The van der Waals surface area contributed by atoms with Gasteiger partial charge in [0.15, 0.2) is 0 Å². The number of benzene rings is 1. The van der Waals surface area contributed by atoms with Crippen LogP contribution in [0, 0.1) is 5.92 Å². The summed E-state index contributed by atoms with van der Waals surface area (Å²) in [5.74, 6) is 0.570. The number of hydrogen-bond acceptors (Lipinski definition) is 2. The molecule has 1 aliphatic carbocycles. The van der Waals surface area contributed by atoms with Gasteiger partial charge >= 0.3 is 0 Å². The highest BCUT2D eigenvalue weighted by atomic mass is 32.2. The van der Waals surface area contributed by atoms with E-state index in [4.69, 9.17) is 0 Å². The summed E-state index contributed by atoms with van der Waals surface area (Å²) in [5.41, 5.74) is 1.16. The largest absolute Gasteiger partial charge is 0.215 e. The fraction of sp³-hybridized carbons (Fsp3) is 0.500. The Bertz CT molecular complexity index is 483. The van der Waals surface area contributed by atoms with E-state index in [2.05, 4.69) is 4.72 Å². The molecule has 0 aromatic heterocycles. The molecule has 3 nitrogen and oxygen atoms in total. The van der Waals surface area contributed by atoms with Crippen LogP contribution >= 0.6 is 0 Å². The molecule has 0 radical (unpaired) electrons. The first-order chi connectivity index (χ1) is 7.68. The first-order valence-corrected chi connectivity index (χ1v) is 7.26. The molecule has 2 aliphatic rings. The van der Waals surface area contributed by atoms with Gasteiger partial charge in [-0.05, 0) is 24.3 Å². The maximum absolute atomic E-state index is 11.9. The lowest BCUT2D eigenvalue weighted by atomic mass is 9.69. The van der Waals surface area contributed by atoms with Crippen molar-refractivity contribution >= 4 is 10.0 Å². The van der Waals surface area contributed by atoms with Gasteiger partial charge in [0.1, 0.15) is 0 Å². The van der Waals surface area contributed by atoms with E-state index in [0.717, 1.165) is 18.4 Å². The van der Waals surface area contributed by atoms with Gasteiger partial charge in [-0.3, -0.25) is 0 Å². The number of fused-ring (bicyclic) bond motifs is 1. The second-order valence-corrected chi connectivity index (χ2v) is 6.63. The molecule has 1 aromatic rings. The second-order valence-electron chi connectivity index (χ2n) is 4.71. The molecule has 3 rings (SSSR count). The molecule has 3 atom stereocenters. The number of hydrogen-bond donors (Lipinski definition) is 1. The van der Waals surface area contributed by atoms with Crippen LogP contribution in [0.25, 0.3) is 0 Å². The van der Waals surface area contributed by atoms with Crippen molar-refractivity contribution in [2.45, 2.75) is 24.0 Å². The van der Waals surface area contributed by atoms with Gasteiger partial charge in [-0.15, -0.1) is 0 Å². The minimum Gasteiger partial charge on any atom is -0.215 e. The fourth-order valence-corrected chi connectivity index (χ4v) is 5.04. The summed E-state index contributed by atoms with van der Waals surface area (Å²) in [6.45, 7) is 0.616. The van der Waals surface area contributed by atoms with E-state index < -0.39 is 10.0 Å². The van der Waals surface area contributed by atoms with Crippen molar-refractivity contribution in [3.63, 3.8) is 0 Å². The molecule has 0 spiro atoms. The van der Waals surface area contributed by atoms with Crippen molar-refractivity contribution in [3.05, 3.63) is 35.9 Å². The van der Waals surface area contributed by atoms with Gasteiger partial charge in [0.05, 0.1) is 5.25 Å². The van der Waals surface area contributed by atoms with Crippen LogP contribution in [0.4, 0.5) is 0 Å². The second kappa shape index (κ2) is 3.57. The van der Waals surface area contributed by atoms with Gasteiger partial charge in [-0.25, -0.2) is 13.1 Å². The number of rotatable bonds is 1. The molecular weight excluding hydrogens is 222 g/mol. The smallest absolute Gasteiger partial charge is 0.215 e. The Kier molecular flexibility index (Phi) is 2.30. The highest BCUT2D eigenvalue weighted by Crippen LogP contribution is 2.48. The van der Waals surface area contributed by atoms with Crippen molar-refractivity contribution in [1.82, 2.24) is 4.72 Å². The Morgan fingerprint density at radius 3 is 2.62 bits per heavy atom. The molecule has 4 heteroatoms. The average molecular weight is 237 g/mol. The minimum atomic E-state index is -3.07. The average Bonchev–Trinajstić information content (AvgIpc) is 2.21. The number of nitrogens with one attached hydrogen (secondary N) is 1. The van der Waals surface area contributed by atoms with Crippen LogP contribution in [-0.4, -0.2) is 20.2 Å². The fourth-order valence-electron chi connectivity index (χ4n) is 2.99. The van der Waals surface area contributed by atoms with Gasteiger partial charge in [0.25, 0.3) is 0 Å². The third-order valence-electron chi connectivity index (χ3n) is 3.82. The lowest BCUT2D eigenvalue weighted by Crippen LogP contribution is -2.55. The summed E-state index contributed by atoms with van der Waals surface area (Å²) >= 11 is 0. The zero-order valence-corrected chi connectivity index (χ0v) is 9.78. The Hall–Kier alpha value is -0.870. The molecule has 1 saturated heterocycles. The maximum Gasteiger partial charge on any atom is 0.215 e. The van der Waals surface area contributed by atoms with E-state index in [1.165, 1.54) is 0 Å². The van der Waals surface area contributed by atoms with E-state index in [9.17, 15) is 8.42 Å². The van der Waals surface area contributed by atoms with Crippen molar-refractivity contribution < 1.29 is 8.42 Å². The molecule has 2 fully saturated rings. The van der Waals surface area contributed by atoms with Gasteiger partial charge in [-0.2, -0.15) is 0 Å². The van der Waals surface area contributed by atoms with Gasteiger partial charge in [-0.1, -0.05) is 30.3 Å². The lowest BCUT2D eigenvalue weighted by Gasteiger charge is -2.47. The van der Waals surface area contributed by atoms with Crippen molar-refractivity contribution in [3.8, 4) is 0 Å². The molecular formula is C12H15NO2S. The van der Waals surface area contributed by atoms with Gasteiger partial charge in [0, 0.05) is 12.5 Å². The Morgan fingerprint density at radius 1 is 1.19 bits per heavy atom. The standard InChI is InChI=1S/C12H15NO2S/c14-16(15)12-10(6-7-13-16)8-11(12)9-4-2-1-3-5-9/h1-5,10-13H,6-8H2/t10-,11+,12-/m1/s1. The SMILES string of the molecule is O=S1(=O)NCC[C@@H]2C[C@@H](c3ccccc3)[C@@H]21. The predicted octanol–water partition coefficient (Wildman–Crippen LogP) is 1.48. The van der Waals surface area contributed by atoms with Gasteiger partial charge < -0.3 is 0 Å². The lowest BCUT2D eigenvalue weighted by molar-refractivity contribution is 0.237. The molecule has 1 N–H and O–H groups in total. The normalized spacial score (nSPS) is 36.1. The van der Waals surface area contributed by atoms with Crippen LogP contribution in [0.3, 0.4) is 0 Å². The van der Waals surface area contributed by atoms with Crippen LogP contribution < -0.4 is 4.72 Å². The van der Waals surface area contributed by atoms with Crippen molar-refractivity contribution in [2.75, 3.05) is 6.54 Å². The Morgan fingerprint density at radius 2 is 1.94 bits per heavy atom. The highest BCUT2D eigenvalue weighted by Gasteiger charge is 2.51. The van der Waals surface area contributed by atoms with Crippen LogP contribution in [0.15, 0.2) is 30.3 Å². The first-order valence-electron chi connectivity index (χ1n) is 5.72. The molecule has 0 bridgehead atoms. The summed E-state index contributed by atoms with van der Waals surface area (Å²) in [6.07, 6.45) is 2.02. The molecule has 0 amide bonds. The van der Waals surface area contributed by atoms with Crippen LogP contribution in [0.1, 0.15) is 24.3 Å². The summed E-state index contributed by atoms with van der Waals surface area (Å²) < 4.78 is 26.5. The topological polar surface area (TPSA) is 46.2 Å². The number of sulfonamides is 1. The van der Waals surface area contributed by atoms with E-state index in [0.29, 0.717) is 12.5 Å². The van der Waals surface area contributed by atoms with Crippen LogP contribution in [-0.2, 0) is 10.0 Å². The first kappa shape index (κ1) is 10.3. The summed E-state index contributed by atoms with van der Waals surface area (Å²) in [7, 11) is -3.07. The van der Waals surface area contributed by atoms with Crippen molar-refractivity contribution in [2.24, 2.45) is 5.92 Å². The monoisotopic (exact) mass is 237 g/mol. The Labute approximate surface area is 95.9 Å². The molecule has 16 heavy (non-hydrogen) atoms. The highest BCUT2D eigenvalue weighted by molar-refractivity contribution is 7.90. The minimum absolute atomic E-state index is 0.191. The summed E-state index contributed by atoms with van der Waals surface area (Å²) in [4.78, 5) is 0. The van der Waals surface area contributed by atoms with Crippen LogP contribution in [0.5, 0.6) is 0 Å². The van der Waals surface area contributed by atoms with Crippen molar-refractivity contribution in [1.29, 1.82) is 0 Å². The molecule has 1 aromatic carbocycles. The summed E-state index contributed by atoms with van der Waals surface area (Å²) in [6, 6.07) is 9.99. The predicted molar refractivity (Wildman–Crippen MR) is 62.6 cm³/mol. The van der Waals surface area contributed by atoms with E-state index >= 15 is 0 Å². The van der Waals surface area contributed by atoms with Gasteiger partial charge in [0.2, 0.25) is 10.0 Å². The molecule has 0 unspecified atom stereocenters. The van der Waals surface area contributed by atoms with Crippen LogP contribution in [0.2, 0.25) is 0 Å². The quantitative estimate of drug-likeness (QED) is 0.804. The molecule has 86 valence electrons. The molecule has 1 saturated carbocycles. The third-order valence-corrected chi connectivity index (χ3v) is 5.86. The molecule has 1 aliphatic heterocycles. The van der Waals surface area contributed by atoms with E-state index in [1.54, 1.807) is 0 Å². The van der Waals surface area contributed by atoms with E-state index in [-0.39, 0.29) is 11.2 Å². The summed E-state index contributed by atoms with van der Waals surface area (Å²) in [5, 5.41) is -0.191.